The Morgan fingerprint density at radius 2 is 1.86 bits per heavy atom. The molecule has 5 rings (SSSR count). The number of hydrogen-bond donors (Lipinski definition) is 1. The van der Waals surface area contributed by atoms with Crippen LogP contribution in [0.5, 0.6) is 11.5 Å². The summed E-state index contributed by atoms with van der Waals surface area (Å²) in [4.78, 5) is 7.21. The summed E-state index contributed by atoms with van der Waals surface area (Å²) in [6.07, 6.45) is 3.27. The minimum atomic E-state index is -0.613. The number of hydrogen-bond acceptors (Lipinski definition) is 6. The summed E-state index contributed by atoms with van der Waals surface area (Å²) in [5.74, 6) is 2.53. The molecule has 2 fully saturated rings. The van der Waals surface area contributed by atoms with E-state index in [0.717, 1.165) is 67.3 Å². The SMILES string of the molecule is CC1(O)CCOC2(CCN(c3cccc(-c4ccc5c(c4)OCO5)n3)CC2)C1. The van der Waals surface area contributed by atoms with Crippen LogP contribution in [-0.4, -0.2) is 47.8 Å². The molecule has 1 aromatic heterocycles. The maximum atomic E-state index is 10.5. The molecule has 0 bridgehead atoms. The van der Waals surface area contributed by atoms with Crippen molar-refractivity contribution in [2.24, 2.45) is 0 Å². The second kappa shape index (κ2) is 6.64. The lowest BCUT2D eigenvalue weighted by atomic mass is 9.78. The molecule has 6 nitrogen and oxygen atoms in total. The van der Waals surface area contributed by atoms with Gasteiger partial charge < -0.3 is 24.2 Å². The topological polar surface area (TPSA) is 64.1 Å². The van der Waals surface area contributed by atoms with Crippen LogP contribution in [0.3, 0.4) is 0 Å². The first-order chi connectivity index (χ1) is 13.5. The van der Waals surface area contributed by atoms with E-state index in [9.17, 15) is 5.11 Å². The molecule has 6 heteroatoms. The Morgan fingerprint density at radius 3 is 2.68 bits per heavy atom. The first-order valence-corrected chi connectivity index (χ1v) is 10.0. The third-order valence-corrected chi connectivity index (χ3v) is 6.15. The number of nitrogens with zero attached hydrogens (tertiary/aromatic N) is 2. The normalized spacial score (nSPS) is 25.9. The van der Waals surface area contributed by atoms with Gasteiger partial charge in [-0.2, -0.15) is 0 Å². The van der Waals surface area contributed by atoms with Gasteiger partial charge in [0.1, 0.15) is 5.82 Å². The van der Waals surface area contributed by atoms with E-state index in [2.05, 4.69) is 17.0 Å². The Balaban J connectivity index is 1.32. The molecule has 2 saturated heterocycles. The smallest absolute Gasteiger partial charge is 0.231 e. The second-order valence-corrected chi connectivity index (χ2v) is 8.39. The molecular formula is C22H26N2O4. The van der Waals surface area contributed by atoms with Crippen molar-refractivity contribution < 1.29 is 19.3 Å². The quantitative estimate of drug-likeness (QED) is 0.859. The zero-order valence-electron chi connectivity index (χ0n) is 16.2. The average molecular weight is 382 g/mol. The molecule has 0 radical (unpaired) electrons. The highest BCUT2D eigenvalue weighted by Gasteiger charge is 2.44. The van der Waals surface area contributed by atoms with Gasteiger partial charge in [0.25, 0.3) is 0 Å². The standard InChI is InChI=1S/C22H26N2O4/c1-21(25)9-12-28-22(14-21)7-10-24(11-8-22)20-4-2-3-17(23-20)16-5-6-18-19(13-16)27-15-26-18/h2-6,13,25H,7-12,14-15H2,1H3. The molecule has 2 aromatic rings. The lowest BCUT2D eigenvalue weighted by Gasteiger charge is -2.48. The molecule has 4 heterocycles. The summed E-state index contributed by atoms with van der Waals surface area (Å²) in [5.41, 5.74) is 1.14. The minimum absolute atomic E-state index is 0.187. The van der Waals surface area contributed by atoms with Crippen LogP contribution >= 0.6 is 0 Å². The van der Waals surface area contributed by atoms with Crippen molar-refractivity contribution in [2.75, 3.05) is 31.4 Å². The van der Waals surface area contributed by atoms with Crippen molar-refractivity contribution >= 4 is 5.82 Å². The highest BCUT2D eigenvalue weighted by Crippen LogP contribution is 2.40. The number of fused-ring (bicyclic) bond motifs is 1. The van der Waals surface area contributed by atoms with Crippen LogP contribution < -0.4 is 14.4 Å². The van der Waals surface area contributed by atoms with Crippen LogP contribution in [0.4, 0.5) is 5.82 Å². The van der Waals surface area contributed by atoms with Crippen LogP contribution in [0.25, 0.3) is 11.3 Å². The van der Waals surface area contributed by atoms with Gasteiger partial charge in [0, 0.05) is 25.1 Å². The van der Waals surface area contributed by atoms with E-state index in [1.807, 2.05) is 31.2 Å². The second-order valence-electron chi connectivity index (χ2n) is 8.39. The molecular weight excluding hydrogens is 356 g/mol. The van der Waals surface area contributed by atoms with Crippen LogP contribution in [-0.2, 0) is 4.74 Å². The van der Waals surface area contributed by atoms with Gasteiger partial charge >= 0.3 is 0 Å². The first-order valence-electron chi connectivity index (χ1n) is 10.0. The van der Waals surface area contributed by atoms with Crippen LogP contribution in [0.2, 0.25) is 0 Å². The van der Waals surface area contributed by atoms with E-state index in [1.165, 1.54) is 0 Å². The van der Waals surface area contributed by atoms with Gasteiger partial charge in [0.05, 0.1) is 23.5 Å². The molecule has 28 heavy (non-hydrogen) atoms. The Labute approximate surface area is 165 Å². The van der Waals surface area contributed by atoms with Gasteiger partial charge in [0.2, 0.25) is 6.79 Å². The van der Waals surface area contributed by atoms with Crippen molar-refractivity contribution in [1.29, 1.82) is 0 Å². The lowest BCUT2D eigenvalue weighted by molar-refractivity contribution is -0.162. The number of ether oxygens (including phenoxy) is 3. The molecule has 1 aromatic carbocycles. The van der Waals surface area contributed by atoms with E-state index in [-0.39, 0.29) is 12.4 Å². The summed E-state index contributed by atoms with van der Waals surface area (Å²) < 4.78 is 17.0. The van der Waals surface area contributed by atoms with Gasteiger partial charge in [-0.3, -0.25) is 0 Å². The number of aliphatic hydroxyl groups is 1. The minimum Gasteiger partial charge on any atom is -0.454 e. The lowest BCUT2D eigenvalue weighted by Crippen LogP contribution is -2.53. The summed E-state index contributed by atoms with van der Waals surface area (Å²) in [6, 6.07) is 12.1. The third-order valence-electron chi connectivity index (χ3n) is 6.15. The van der Waals surface area contributed by atoms with E-state index in [4.69, 9.17) is 19.2 Å². The maximum Gasteiger partial charge on any atom is 0.231 e. The number of piperidine rings is 1. The molecule has 1 atom stereocenters. The summed E-state index contributed by atoms with van der Waals surface area (Å²) in [6.45, 7) is 4.61. The zero-order valence-corrected chi connectivity index (χ0v) is 16.2. The molecule has 1 spiro atoms. The highest BCUT2D eigenvalue weighted by atomic mass is 16.7. The fourth-order valence-electron chi connectivity index (χ4n) is 4.60. The van der Waals surface area contributed by atoms with Crippen LogP contribution in [0.15, 0.2) is 36.4 Å². The van der Waals surface area contributed by atoms with Crippen molar-refractivity contribution in [3.63, 3.8) is 0 Å². The Hall–Kier alpha value is -2.31. The fourth-order valence-corrected chi connectivity index (χ4v) is 4.60. The van der Waals surface area contributed by atoms with E-state index in [0.29, 0.717) is 6.61 Å². The molecule has 148 valence electrons. The van der Waals surface area contributed by atoms with Crippen molar-refractivity contribution in [1.82, 2.24) is 4.98 Å². The average Bonchev–Trinajstić information content (AvgIpc) is 3.16. The molecule has 0 saturated carbocycles. The first kappa shape index (κ1) is 17.8. The maximum absolute atomic E-state index is 10.5. The van der Waals surface area contributed by atoms with Gasteiger partial charge in [-0.25, -0.2) is 4.98 Å². The Kier molecular flexibility index (Phi) is 4.21. The molecule has 3 aliphatic heterocycles. The Bertz CT molecular complexity index is 875. The summed E-state index contributed by atoms with van der Waals surface area (Å²) in [7, 11) is 0. The summed E-state index contributed by atoms with van der Waals surface area (Å²) >= 11 is 0. The Morgan fingerprint density at radius 1 is 1.04 bits per heavy atom. The van der Waals surface area contributed by atoms with Gasteiger partial charge in [-0.15, -0.1) is 0 Å². The molecule has 0 aliphatic carbocycles. The summed E-state index contributed by atoms with van der Waals surface area (Å²) in [5, 5.41) is 10.5. The number of pyridine rings is 1. The number of rotatable bonds is 2. The van der Waals surface area contributed by atoms with Crippen molar-refractivity contribution in [2.45, 2.75) is 43.8 Å². The number of aromatic nitrogens is 1. The van der Waals surface area contributed by atoms with E-state index in [1.54, 1.807) is 0 Å². The predicted molar refractivity (Wildman–Crippen MR) is 106 cm³/mol. The van der Waals surface area contributed by atoms with Crippen molar-refractivity contribution in [3.8, 4) is 22.8 Å². The zero-order chi connectivity index (χ0) is 19.2. The van der Waals surface area contributed by atoms with Crippen LogP contribution in [0.1, 0.15) is 32.6 Å². The molecule has 3 aliphatic rings. The third kappa shape index (κ3) is 3.31. The molecule has 0 amide bonds. The molecule has 1 unspecified atom stereocenters. The van der Waals surface area contributed by atoms with Gasteiger partial charge in [-0.1, -0.05) is 6.07 Å². The van der Waals surface area contributed by atoms with Gasteiger partial charge in [0.15, 0.2) is 11.5 Å². The van der Waals surface area contributed by atoms with Gasteiger partial charge in [-0.05, 0) is 56.5 Å². The van der Waals surface area contributed by atoms with Crippen molar-refractivity contribution in [3.05, 3.63) is 36.4 Å². The predicted octanol–water partition coefficient (Wildman–Crippen LogP) is 3.38. The monoisotopic (exact) mass is 382 g/mol. The van der Waals surface area contributed by atoms with Crippen LogP contribution in [0, 0.1) is 0 Å². The van der Waals surface area contributed by atoms with E-state index >= 15 is 0 Å². The van der Waals surface area contributed by atoms with E-state index < -0.39 is 5.60 Å². The number of benzene rings is 1. The highest BCUT2D eigenvalue weighted by molar-refractivity contribution is 5.66. The molecule has 1 N–H and O–H groups in total. The largest absolute Gasteiger partial charge is 0.454 e. The number of anilines is 1. The fraction of sp³-hybridized carbons (Fsp3) is 0.500.